The Kier molecular flexibility index (Phi) is 4.36. The van der Waals surface area contributed by atoms with Crippen LogP contribution in [0.3, 0.4) is 0 Å². The standard InChI is InChI=1S/C12H17ClN6/c1-2-5-19-11(7-16-18-19)12(17-15)9-4-3-8(13)6-10(9)14/h3-4,6-7,12,17H,2,5,14-15H2,1H3. The summed E-state index contributed by atoms with van der Waals surface area (Å²) in [5, 5.41) is 8.58. The van der Waals surface area contributed by atoms with Crippen molar-refractivity contribution in [3.63, 3.8) is 0 Å². The molecule has 0 saturated carbocycles. The van der Waals surface area contributed by atoms with Crippen LogP contribution in [0.15, 0.2) is 24.4 Å². The predicted octanol–water partition coefficient (Wildman–Crippen LogP) is 1.48. The fraction of sp³-hybridized carbons (Fsp3) is 0.333. The average molecular weight is 281 g/mol. The van der Waals surface area contributed by atoms with E-state index in [1.807, 2.05) is 10.7 Å². The molecule has 0 amide bonds. The molecule has 0 spiro atoms. The van der Waals surface area contributed by atoms with Gasteiger partial charge in [-0.2, -0.15) is 0 Å². The highest BCUT2D eigenvalue weighted by atomic mass is 35.5. The normalized spacial score (nSPS) is 12.6. The molecule has 0 radical (unpaired) electrons. The van der Waals surface area contributed by atoms with Gasteiger partial charge in [0.05, 0.1) is 17.9 Å². The van der Waals surface area contributed by atoms with E-state index >= 15 is 0 Å². The number of nitrogens with two attached hydrogens (primary N) is 2. The summed E-state index contributed by atoms with van der Waals surface area (Å²) in [7, 11) is 0. The molecule has 0 aliphatic carbocycles. The third-order valence-corrected chi connectivity index (χ3v) is 3.14. The molecule has 2 rings (SSSR count). The summed E-state index contributed by atoms with van der Waals surface area (Å²) in [4.78, 5) is 0. The van der Waals surface area contributed by atoms with Gasteiger partial charge in [-0.25, -0.2) is 10.1 Å². The van der Waals surface area contributed by atoms with Crippen LogP contribution in [0.2, 0.25) is 5.02 Å². The lowest BCUT2D eigenvalue weighted by Gasteiger charge is -2.19. The fourth-order valence-electron chi connectivity index (χ4n) is 2.02. The van der Waals surface area contributed by atoms with Gasteiger partial charge in [-0.3, -0.25) is 5.84 Å². The molecule has 1 atom stereocenters. The molecule has 2 aromatic rings. The molecular weight excluding hydrogens is 264 g/mol. The third-order valence-electron chi connectivity index (χ3n) is 2.91. The molecule has 1 aromatic carbocycles. The molecular formula is C12H17ClN6. The van der Waals surface area contributed by atoms with Gasteiger partial charge in [-0.15, -0.1) is 5.10 Å². The van der Waals surface area contributed by atoms with E-state index in [-0.39, 0.29) is 6.04 Å². The number of aryl methyl sites for hydroxylation is 1. The lowest BCUT2D eigenvalue weighted by molar-refractivity contribution is 0.512. The second-order valence-corrected chi connectivity index (χ2v) is 4.69. The zero-order chi connectivity index (χ0) is 13.8. The Morgan fingerprint density at radius 2 is 2.26 bits per heavy atom. The number of hydrogen-bond donors (Lipinski definition) is 3. The number of nitrogens with one attached hydrogen (secondary N) is 1. The van der Waals surface area contributed by atoms with E-state index < -0.39 is 0 Å². The minimum absolute atomic E-state index is 0.265. The van der Waals surface area contributed by atoms with Gasteiger partial charge in [-0.05, 0) is 24.1 Å². The van der Waals surface area contributed by atoms with Gasteiger partial charge in [0.25, 0.3) is 0 Å². The van der Waals surface area contributed by atoms with Crippen molar-refractivity contribution in [1.29, 1.82) is 0 Å². The smallest absolute Gasteiger partial charge is 0.0914 e. The predicted molar refractivity (Wildman–Crippen MR) is 75.3 cm³/mol. The maximum absolute atomic E-state index is 6.00. The van der Waals surface area contributed by atoms with Gasteiger partial charge in [0, 0.05) is 17.3 Å². The van der Waals surface area contributed by atoms with Crippen molar-refractivity contribution in [2.45, 2.75) is 25.9 Å². The van der Waals surface area contributed by atoms with E-state index in [4.69, 9.17) is 23.2 Å². The largest absolute Gasteiger partial charge is 0.398 e. The first-order chi connectivity index (χ1) is 9.17. The summed E-state index contributed by atoms with van der Waals surface area (Å²) in [6.45, 7) is 2.86. The molecule has 0 aliphatic heterocycles. The number of nitrogens with zero attached hydrogens (tertiary/aromatic N) is 3. The van der Waals surface area contributed by atoms with Crippen LogP contribution in [0.4, 0.5) is 5.69 Å². The minimum atomic E-state index is -0.265. The molecule has 5 N–H and O–H groups in total. The molecule has 1 aromatic heterocycles. The van der Waals surface area contributed by atoms with E-state index in [2.05, 4.69) is 22.7 Å². The van der Waals surface area contributed by atoms with Crippen LogP contribution in [0.25, 0.3) is 0 Å². The summed E-state index contributed by atoms with van der Waals surface area (Å²) in [5.41, 5.74) is 11.1. The van der Waals surface area contributed by atoms with E-state index in [1.165, 1.54) is 0 Å². The molecule has 102 valence electrons. The van der Waals surface area contributed by atoms with Crippen molar-refractivity contribution in [3.8, 4) is 0 Å². The molecule has 6 nitrogen and oxygen atoms in total. The van der Waals surface area contributed by atoms with E-state index in [9.17, 15) is 0 Å². The average Bonchev–Trinajstić information content (AvgIpc) is 2.82. The van der Waals surface area contributed by atoms with Crippen LogP contribution in [0.5, 0.6) is 0 Å². The molecule has 1 heterocycles. The lowest BCUT2D eigenvalue weighted by Crippen LogP contribution is -2.31. The number of hydrogen-bond acceptors (Lipinski definition) is 5. The van der Waals surface area contributed by atoms with Gasteiger partial charge >= 0.3 is 0 Å². The summed E-state index contributed by atoms with van der Waals surface area (Å²) in [6.07, 6.45) is 2.65. The summed E-state index contributed by atoms with van der Waals surface area (Å²) >= 11 is 5.91. The van der Waals surface area contributed by atoms with Gasteiger partial charge in [0.2, 0.25) is 0 Å². The number of halogens is 1. The SMILES string of the molecule is CCCn1nncc1C(NN)c1ccc(Cl)cc1N. The second kappa shape index (κ2) is 6.01. The van der Waals surface area contributed by atoms with Gasteiger partial charge in [0.1, 0.15) is 0 Å². The van der Waals surface area contributed by atoms with E-state index in [1.54, 1.807) is 18.3 Å². The summed E-state index contributed by atoms with van der Waals surface area (Å²) < 4.78 is 1.82. The number of nitrogen functional groups attached to an aromatic ring is 1. The number of hydrazine groups is 1. The molecule has 0 aliphatic rings. The minimum Gasteiger partial charge on any atom is -0.398 e. The Hall–Kier alpha value is -1.63. The number of aromatic nitrogens is 3. The van der Waals surface area contributed by atoms with Crippen LogP contribution < -0.4 is 17.0 Å². The highest BCUT2D eigenvalue weighted by Crippen LogP contribution is 2.28. The van der Waals surface area contributed by atoms with Crippen molar-refractivity contribution >= 4 is 17.3 Å². The molecule has 19 heavy (non-hydrogen) atoms. The summed E-state index contributed by atoms with van der Waals surface area (Å²) in [6, 6.07) is 5.07. The highest BCUT2D eigenvalue weighted by Gasteiger charge is 2.20. The Balaban J connectivity index is 2.41. The zero-order valence-electron chi connectivity index (χ0n) is 10.7. The number of rotatable bonds is 5. The van der Waals surface area contributed by atoms with E-state index in [0.717, 1.165) is 24.2 Å². The zero-order valence-corrected chi connectivity index (χ0v) is 11.4. The molecule has 0 saturated heterocycles. The van der Waals surface area contributed by atoms with Crippen molar-refractivity contribution in [1.82, 2.24) is 20.4 Å². The van der Waals surface area contributed by atoms with Crippen molar-refractivity contribution < 1.29 is 0 Å². The van der Waals surface area contributed by atoms with Crippen molar-refractivity contribution in [3.05, 3.63) is 40.7 Å². The Bertz CT molecular complexity index is 553. The summed E-state index contributed by atoms with van der Waals surface area (Å²) in [5.74, 6) is 5.66. The lowest BCUT2D eigenvalue weighted by atomic mass is 10.0. The number of benzene rings is 1. The van der Waals surface area contributed by atoms with Gasteiger partial charge in [0.15, 0.2) is 0 Å². The fourth-order valence-corrected chi connectivity index (χ4v) is 2.20. The van der Waals surface area contributed by atoms with Crippen molar-refractivity contribution in [2.24, 2.45) is 5.84 Å². The van der Waals surface area contributed by atoms with Crippen LogP contribution >= 0.6 is 11.6 Å². The van der Waals surface area contributed by atoms with Gasteiger partial charge < -0.3 is 5.73 Å². The first-order valence-corrected chi connectivity index (χ1v) is 6.44. The third kappa shape index (κ3) is 2.86. The van der Waals surface area contributed by atoms with E-state index in [0.29, 0.717) is 10.7 Å². The number of anilines is 1. The van der Waals surface area contributed by atoms with Crippen LogP contribution in [-0.2, 0) is 6.54 Å². The topological polar surface area (TPSA) is 94.8 Å². The Labute approximate surface area is 116 Å². The quantitative estimate of drug-likeness (QED) is 0.438. The highest BCUT2D eigenvalue weighted by molar-refractivity contribution is 6.30. The van der Waals surface area contributed by atoms with Crippen LogP contribution in [0.1, 0.15) is 30.6 Å². The molecule has 1 unspecified atom stereocenters. The maximum Gasteiger partial charge on any atom is 0.0914 e. The van der Waals surface area contributed by atoms with Crippen LogP contribution in [0, 0.1) is 0 Å². The molecule has 0 bridgehead atoms. The monoisotopic (exact) mass is 280 g/mol. The van der Waals surface area contributed by atoms with Crippen LogP contribution in [-0.4, -0.2) is 15.0 Å². The van der Waals surface area contributed by atoms with Gasteiger partial charge in [-0.1, -0.05) is 29.8 Å². The first-order valence-electron chi connectivity index (χ1n) is 6.06. The molecule has 0 fully saturated rings. The Morgan fingerprint density at radius 3 is 2.89 bits per heavy atom. The second-order valence-electron chi connectivity index (χ2n) is 4.25. The molecule has 7 heteroatoms. The maximum atomic E-state index is 6.00. The first kappa shape index (κ1) is 13.8. The van der Waals surface area contributed by atoms with Crippen molar-refractivity contribution in [2.75, 3.05) is 5.73 Å². The Morgan fingerprint density at radius 1 is 1.47 bits per heavy atom.